The molecule has 3 heterocycles. The summed E-state index contributed by atoms with van der Waals surface area (Å²) in [6, 6.07) is 0.727. The van der Waals surface area contributed by atoms with Gasteiger partial charge in [0.15, 0.2) is 5.65 Å². The molecule has 158 valence electrons. The van der Waals surface area contributed by atoms with Gasteiger partial charge in [0, 0.05) is 25.0 Å². The highest BCUT2D eigenvalue weighted by atomic mass is 32.2. The number of alkyl halides is 1. The van der Waals surface area contributed by atoms with Crippen LogP contribution in [0.3, 0.4) is 0 Å². The highest BCUT2D eigenvalue weighted by molar-refractivity contribution is 7.84. The van der Waals surface area contributed by atoms with Crippen LogP contribution in [-0.2, 0) is 15.8 Å². The number of anilines is 1. The van der Waals surface area contributed by atoms with E-state index in [2.05, 4.69) is 9.71 Å². The minimum absolute atomic E-state index is 0.126. The number of carbonyl (C=O) groups excluding carboxylic acids is 2. The van der Waals surface area contributed by atoms with Crippen LogP contribution < -0.4 is 9.62 Å². The molecule has 3 rings (SSSR count). The van der Waals surface area contributed by atoms with Crippen LogP contribution >= 0.6 is 0 Å². The smallest absolute Gasteiger partial charge is 0.305 e. The van der Waals surface area contributed by atoms with Crippen molar-refractivity contribution in [2.45, 2.75) is 51.6 Å². The molecule has 8 nitrogen and oxygen atoms in total. The van der Waals surface area contributed by atoms with Crippen molar-refractivity contribution in [1.82, 2.24) is 19.0 Å². The maximum absolute atomic E-state index is 14.1. The molecule has 1 fully saturated rings. The highest BCUT2D eigenvalue weighted by Gasteiger charge is 2.36. The fraction of sp³-hybridized carbons (Fsp3) is 0.526. The number of carbonyl (C=O) groups is 2. The van der Waals surface area contributed by atoms with Gasteiger partial charge in [-0.15, -0.1) is 0 Å². The number of fused-ring (bicyclic) bond motifs is 1. The van der Waals surface area contributed by atoms with Crippen molar-refractivity contribution >= 4 is 34.3 Å². The van der Waals surface area contributed by atoms with E-state index >= 15 is 0 Å². The minimum Gasteiger partial charge on any atom is -0.305 e. The van der Waals surface area contributed by atoms with E-state index in [1.54, 1.807) is 22.9 Å². The van der Waals surface area contributed by atoms with Crippen LogP contribution in [0, 0.1) is 0 Å². The second kappa shape index (κ2) is 7.49. The summed E-state index contributed by atoms with van der Waals surface area (Å²) in [5, 5.41) is 0. The molecule has 29 heavy (non-hydrogen) atoms. The molecule has 1 saturated heterocycles. The summed E-state index contributed by atoms with van der Waals surface area (Å²) in [5.74, 6) is -0.339. The molecule has 3 atom stereocenters. The number of nitrogens with one attached hydrogen (secondary N) is 1. The lowest BCUT2D eigenvalue weighted by Crippen LogP contribution is -2.34. The molecule has 3 amide bonds. The zero-order valence-electron chi connectivity index (χ0n) is 17.4. The second-order valence-corrected chi connectivity index (χ2v) is 10.2. The number of urea groups is 1. The molecule has 0 aromatic carbocycles. The molecule has 0 bridgehead atoms. The van der Waals surface area contributed by atoms with Gasteiger partial charge in [0.2, 0.25) is 5.91 Å². The average molecular weight is 424 g/mol. The van der Waals surface area contributed by atoms with E-state index in [-0.39, 0.29) is 18.5 Å². The Hall–Kier alpha value is -2.33. The Bertz CT molecular complexity index is 998. The molecule has 10 heteroatoms. The second-order valence-electron chi connectivity index (χ2n) is 8.21. The lowest BCUT2D eigenvalue weighted by molar-refractivity contribution is -0.123. The molecule has 2 unspecified atom stereocenters. The van der Waals surface area contributed by atoms with Crippen LogP contribution in [-0.4, -0.2) is 48.8 Å². The largest absolute Gasteiger partial charge is 0.331 e. The molecule has 0 aliphatic carbocycles. The van der Waals surface area contributed by atoms with Gasteiger partial charge in [0.1, 0.15) is 12.7 Å². The topological polar surface area (TPSA) is 87.0 Å². The standard InChI is InChI=1S/C19H26FN5O3S/c1-11(20)13-7-15(25-10-16(26)23(6)18(25)27)17-21-14(9-24(17)8-13)12(2)22-29(28)19(3,4)5/h7-9,11-12,22H,10H2,1-6H3/t11?,12-,29?/m1/s1. The molecule has 2 aromatic heterocycles. The fourth-order valence-corrected chi connectivity index (χ4v) is 3.72. The number of hydrogen-bond donors (Lipinski definition) is 1. The van der Waals surface area contributed by atoms with Crippen LogP contribution in [0.2, 0.25) is 0 Å². The number of likely N-dealkylation sites (N-methyl/N-ethyl adjacent to an activating group) is 1. The van der Waals surface area contributed by atoms with E-state index in [0.717, 1.165) is 4.90 Å². The molecular weight excluding hydrogens is 397 g/mol. The lowest BCUT2D eigenvalue weighted by atomic mass is 10.2. The number of hydrogen-bond acceptors (Lipinski definition) is 4. The van der Waals surface area contributed by atoms with Gasteiger partial charge in [-0.05, 0) is 40.7 Å². The van der Waals surface area contributed by atoms with Crippen LogP contribution in [0.25, 0.3) is 5.65 Å². The normalized spacial score (nSPS) is 18.6. The first-order valence-corrected chi connectivity index (χ1v) is 10.5. The maximum atomic E-state index is 14.1. The summed E-state index contributed by atoms with van der Waals surface area (Å²) in [7, 11) is 0.112. The number of pyridine rings is 1. The predicted molar refractivity (Wildman–Crippen MR) is 110 cm³/mol. The van der Waals surface area contributed by atoms with E-state index in [1.807, 2.05) is 27.7 Å². The number of imide groups is 1. The number of halogens is 1. The van der Waals surface area contributed by atoms with Crippen molar-refractivity contribution < 1.29 is 18.2 Å². The highest BCUT2D eigenvalue weighted by Crippen LogP contribution is 2.31. The number of aromatic nitrogens is 2. The van der Waals surface area contributed by atoms with Gasteiger partial charge in [0.05, 0.1) is 33.2 Å². The third-order valence-corrected chi connectivity index (χ3v) is 6.47. The van der Waals surface area contributed by atoms with E-state index in [0.29, 0.717) is 22.6 Å². The zero-order valence-corrected chi connectivity index (χ0v) is 18.2. The molecule has 0 spiro atoms. The summed E-state index contributed by atoms with van der Waals surface area (Å²) in [5.41, 5.74) is 1.75. The quantitative estimate of drug-likeness (QED) is 0.749. The molecule has 1 N–H and O–H groups in total. The third-order valence-electron chi connectivity index (χ3n) is 4.79. The van der Waals surface area contributed by atoms with Gasteiger partial charge in [0.25, 0.3) is 0 Å². The van der Waals surface area contributed by atoms with Crippen LogP contribution in [0.5, 0.6) is 0 Å². The van der Waals surface area contributed by atoms with Crippen molar-refractivity contribution in [1.29, 1.82) is 0 Å². The van der Waals surface area contributed by atoms with Gasteiger partial charge in [-0.2, -0.15) is 0 Å². The van der Waals surface area contributed by atoms with Gasteiger partial charge in [-0.25, -0.2) is 23.1 Å². The summed E-state index contributed by atoms with van der Waals surface area (Å²) >= 11 is 0. The zero-order chi connectivity index (χ0) is 21.7. The summed E-state index contributed by atoms with van der Waals surface area (Å²) < 4.78 is 30.7. The lowest BCUT2D eigenvalue weighted by Gasteiger charge is -2.20. The van der Waals surface area contributed by atoms with Gasteiger partial charge in [-0.1, -0.05) is 0 Å². The Morgan fingerprint density at radius 1 is 1.24 bits per heavy atom. The predicted octanol–water partition coefficient (Wildman–Crippen LogP) is 2.88. The van der Waals surface area contributed by atoms with Crippen molar-refractivity contribution in [3.05, 3.63) is 29.7 Å². The van der Waals surface area contributed by atoms with E-state index < -0.39 is 27.9 Å². The average Bonchev–Trinajstić information content (AvgIpc) is 3.17. The Morgan fingerprint density at radius 2 is 1.90 bits per heavy atom. The van der Waals surface area contributed by atoms with Crippen molar-refractivity contribution in [3.63, 3.8) is 0 Å². The molecule has 0 radical (unpaired) electrons. The first-order valence-electron chi connectivity index (χ1n) is 9.33. The van der Waals surface area contributed by atoms with Crippen LogP contribution in [0.4, 0.5) is 14.9 Å². The van der Waals surface area contributed by atoms with E-state index in [9.17, 15) is 18.2 Å². The van der Waals surface area contributed by atoms with Gasteiger partial charge < -0.3 is 4.40 Å². The van der Waals surface area contributed by atoms with E-state index in [4.69, 9.17) is 0 Å². The first-order chi connectivity index (χ1) is 13.4. The Kier molecular flexibility index (Phi) is 5.52. The molecule has 1 aliphatic heterocycles. The molecule has 1 aliphatic rings. The number of imidazole rings is 1. The van der Waals surface area contributed by atoms with Crippen LogP contribution in [0.15, 0.2) is 18.5 Å². The van der Waals surface area contributed by atoms with Crippen molar-refractivity contribution in [2.24, 2.45) is 0 Å². The molecular formula is C19H26FN5O3S. The first kappa shape index (κ1) is 21.4. The van der Waals surface area contributed by atoms with Crippen LogP contribution in [0.1, 0.15) is 58.1 Å². The Balaban J connectivity index is 2.06. The van der Waals surface area contributed by atoms with Crippen molar-refractivity contribution in [2.75, 3.05) is 18.5 Å². The van der Waals surface area contributed by atoms with Gasteiger partial charge >= 0.3 is 6.03 Å². The number of nitrogens with zero attached hydrogens (tertiary/aromatic N) is 4. The third kappa shape index (κ3) is 4.04. The Morgan fingerprint density at radius 3 is 2.41 bits per heavy atom. The maximum Gasteiger partial charge on any atom is 0.331 e. The monoisotopic (exact) mass is 423 g/mol. The summed E-state index contributed by atoms with van der Waals surface area (Å²) in [4.78, 5) is 31.4. The minimum atomic E-state index is -1.30. The molecule has 0 saturated carbocycles. The Labute approximate surface area is 171 Å². The molecule has 2 aromatic rings. The van der Waals surface area contributed by atoms with E-state index in [1.165, 1.54) is 18.9 Å². The fourth-order valence-electron chi connectivity index (χ4n) is 2.93. The SMILES string of the molecule is CC(F)c1cc(N2CC(=O)N(C)C2=O)c2nc([C@@H](C)NS(=O)C(C)(C)C)cn2c1. The van der Waals surface area contributed by atoms with Gasteiger partial charge in [-0.3, -0.25) is 14.6 Å². The number of amides is 3. The van der Waals surface area contributed by atoms with Crippen molar-refractivity contribution in [3.8, 4) is 0 Å². The number of rotatable bonds is 5. The summed E-state index contributed by atoms with van der Waals surface area (Å²) in [6.07, 6.45) is 2.06. The summed E-state index contributed by atoms with van der Waals surface area (Å²) in [6.45, 7) is 8.72.